The van der Waals surface area contributed by atoms with Crippen molar-refractivity contribution in [3.8, 4) is 0 Å². The summed E-state index contributed by atoms with van der Waals surface area (Å²) in [5.41, 5.74) is 0.946. The van der Waals surface area contributed by atoms with E-state index in [9.17, 15) is 23.3 Å². The molecule has 9 heteroatoms. The smallest absolute Gasteiger partial charge is 0.337 e. The third kappa shape index (κ3) is 2.93. The molecule has 0 bridgehead atoms. The molecule has 1 aliphatic rings. The maximum Gasteiger partial charge on any atom is 0.337 e. The quantitative estimate of drug-likeness (QED) is 0.468. The zero-order valence-electron chi connectivity index (χ0n) is 13.2. The highest BCUT2D eigenvalue weighted by Crippen LogP contribution is 2.35. The second-order valence-corrected chi connectivity index (χ2v) is 7.28. The first-order valence-electron chi connectivity index (χ1n) is 7.33. The first-order chi connectivity index (χ1) is 11.8. The summed E-state index contributed by atoms with van der Waals surface area (Å²) in [5.74, 6) is -0.644. The van der Waals surface area contributed by atoms with Crippen LogP contribution in [0.15, 0.2) is 47.4 Å². The summed E-state index contributed by atoms with van der Waals surface area (Å²) in [6.45, 7) is 0.182. The molecule has 0 N–H and O–H groups in total. The Balaban J connectivity index is 2.05. The summed E-state index contributed by atoms with van der Waals surface area (Å²) < 4.78 is 31.6. The van der Waals surface area contributed by atoms with Crippen LogP contribution >= 0.6 is 0 Å². The van der Waals surface area contributed by atoms with Crippen molar-refractivity contribution < 1.29 is 22.9 Å². The van der Waals surface area contributed by atoms with Crippen LogP contribution in [-0.2, 0) is 21.2 Å². The second kappa shape index (κ2) is 6.17. The van der Waals surface area contributed by atoms with Crippen LogP contribution in [-0.4, -0.2) is 33.0 Å². The number of nitro groups is 1. The number of nitrogens with zero attached hydrogens (tertiary/aromatic N) is 2. The van der Waals surface area contributed by atoms with Crippen LogP contribution in [0.1, 0.15) is 15.9 Å². The highest BCUT2D eigenvalue weighted by atomic mass is 32.2. The summed E-state index contributed by atoms with van der Waals surface area (Å²) in [6.07, 6.45) is 0.462. The van der Waals surface area contributed by atoms with Gasteiger partial charge in [0.2, 0.25) is 0 Å². The van der Waals surface area contributed by atoms with Crippen molar-refractivity contribution >= 4 is 27.4 Å². The van der Waals surface area contributed by atoms with Gasteiger partial charge in [-0.15, -0.1) is 0 Å². The van der Waals surface area contributed by atoms with E-state index in [4.69, 9.17) is 0 Å². The number of benzene rings is 2. The molecule has 2 aromatic rings. The Morgan fingerprint density at radius 2 is 2.00 bits per heavy atom. The highest BCUT2D eigenvalue weighted by Gasteiger charge is 2.32. The zero-order valence-corrected chi connectivity index (χ0v) is 14.0. The normalized spacial score (nSPS) is 13.4. The molecule has 1 aliphatic heterocycles. The Morgan fingerprint density at radius 1 is 1.24 bits per heavy atom. The molecule has 3 rings (SSSR count). The van der Waals surface area contributed by atoms with E-state index < -0.39 is 20.9 Å². The third-order valence-electron chi connectivity index (χ3n) is 3.98. The van der Waals surface area contributed by atoms with Crippen LogP contribution in [0.2, 0.25) is 0 Å². The van der Waals surface area contributed by atoms with Crippen LogP contribution < -0.4 is 4.31 Å². The summed E-state index contributed by atoms with van der Waals surface area (Å²) in [4.78, 5) is 21.9. The number of fused-ring (bicyclic) bond motifs is 1. The summed E-state index contributed by atoms with van der Waals surface area (Å²) in [6, 6.07) is 9.68. The Bertz CT molecular complexity index is 970. The average Bonchev–Trinajstić information content (AvgIpc) is 3.05. The van der Waals surface area contributed by atoms with Gasteiger partial charge in [0.25, 0.3) is 15.7 Å². The number of non-ortho nitro benzene ring substituents is 1. The SMILES string of the molecule is COC(=O)c1cccc(S(=O)(=O)N2CCc3ccc([N+](=O)[O-])cc32)c1. The van der Waals surface area contributed by atoms with Gasteiger partial charge in [-0.1, -0.05) is 12.1 Å². The van der Waals surface area contributed by atoms with E-state index in [2.05, 4.69) is 4.74 Å². The van der Waals surface area contributed by atoms with Crippen LogP contribution in [0, 0.1) is 10.1 Å². The average molecular weight is 362 g/mol. The predicted molar refractivity (Wildman–Crippen MR) is 89.1 cm³/mol. The molecule has 0 saturated carbocycles. The molecule has 0 aliphatic carbocycles. The van der Waals surface area contributed by atoms with Crippen molar-refractivity contribution in [1.82, 2.24) is 0 Å². The standard InChI is InChI=1S/C16H14N2O6S/c1-24-16(19)12-3-2-4-14(9-12)25(22,23)17-8-7-11-5-6-13(18(20)21)10-15(11)17/h2-6,9-10H,7-8H2,1H3. The zero-order chi connectivity index (χ0) is 18.2. The third-order valence-corrected chi connectivity index (χ3v) is 5.78. The van der Waals surface area contributed by atoms with Gasteiger partial charge in [0.15, 0.2) is 0 Å². The Morgan fingerprint density at radius 3 is 2.68 bits per heavy atom. The van der Waals surface area contributed by atoms with E-state index in [-0.39, 0.29) is 28.4 Å². The van der Waals surface area contributed by atoms with Gasteiger partial charge in [0.1, 0.15) is 0 Å². The van der Waals surface area contributed by atoms with Gasteiger partial charge < -0.3 is 4.74 Å². The lowest BCUT2D eigenvalue weighted by atomic mass is 10.1. The van der Waals surface area contributed by atoms with Crippen LogP contribution in [0.3, 0.4) is 0 Å². The fourth-order valence-corrected chi connectivity index (χ4v) is 4.27. The Kier molecular flexibility index (Phi) is 4.17. The molecule has 0 unspecified atom stereocenters. The topological polar surface area (TPSA) is 107 Å². The Hall–Kier alpha value is -2.94. The maximum atomic E-state index is 12.9. The molecular formula is C16H14N2O6S. The summed E-state index contributed by atoms with van der Waals surface area (Å²) in [5, 5.41) is 11.0. The predicted octanol–water partition coefficient (Wildman–Crippen LogP) is 2.13. The van der Waals surface area contributed by atoms with Crippen LogP contribution in [0.4, 0.5) is 11.4 Å². The van der Waals surface area contributed by atoms with E-state index in [1.165, 1.54) is 43.5 Å². The van der Waals surface area contributed by atoms with Crippen molar-refractivity contribution in [2.24, 2.45) is 0 Å². The van der Waals surface area contributed by atoms with Crippen molar-refractivity contribution in [2.75, 3.05) is 18.0 Å². The number of methoxy groups -OCH3 is 1. The molecule has 0 atom stereocenters. The minimum absolute atomic E-state index is 0.0743. The maximum absolute atomic E-state index is 12.9. The van der Waals surface area contributed by atoms with Crippen molar-refractivity contribution in [3.05, 3.63) is 63.7 Å². The van der Waals surface area contributed by atoms with Gasteiger partial charge in [0, 0.05) is 18.7 Å². The van der Waals surface area contributed by atoms with Gasteiger partial charge in [-0.3, -0.25) is 14.4 Å². The lowest BCUT2D eigenvalue weighted by molar-refractivity contribution is -0.384. The number of hydrogen-bond acceptors (Lipinski definition) is 6. The number of ether oxygens (including phenoxy) is 1. The molecule has 0 fully saturated rings. The van der Waals surface area contributed by atoms with E-state index in [0.29, 0.717) is 6.42 Å². The summed E-state index contributed by atoms with van der Waals surface area (Å²) in [7, 11) is -2.75. The molecule has 8 nitrogen and oxygen atoms in total. The number of esters is 1. The largest absolute Gasteiger partial charge is 0.465 e. The highest BCUT2D eigenvalue weighted by molar-refractivity contribution is 7.92. The molecule has 2 aromatic carbocycles. The molecule has 1 heterocycles. The Labute approximate surface area is 143 Å². The number of carbonyl (C=O) groups excluding carboxylic acids is 1. The number of anilines is 1. The molecule has 0 radical (unpaired) electrons. The molecule has 130 valence electrons. The van der Waals surface area contributed by atoms with Crippen LogP contribution in [0.5, 0.6) is 0 Å². The molecule has 25 heavy (non-hydrogen) atoms. The second-order valence-electron chi connectivity index (χ2n) is 5.42. The minimum atomic E-state index is -3.96. The fraction of sp³-hybridized carbons (Fsp3) is 0.188. The number of carbonyl (C=O) groups is 1. The van der Waals surface area contributed by atoms with E-state index in [1.807, 2.05) is 0 Å². The number of rotatable bonds is 4. The van der Waals surface area contributed by atoms with Crippen LogP contribution in [0.25, 0.3) is 0 Å². The van der Waals surface area contributed by atoms with Gasteiger partial charge in [-0.05, 0) is 30.2 Å². The molecule has 0 aromatic heterocycles. The number of hydrogen-bond donors (Lipinski definition) is 0. The summed E-state index contributed by atoms with van der Waals surface area (Å²) >= 11 is 0. The van der Waals surface area contributed by atoms with Crippen molar-refractivity contribution in [2.45, 2.75) is 11.3 Å². The monoisotopic (exact) mass is 362 g/mol. The van der Waals surface area contributed by atoms with Gasteiger partial charge >= 0.3 is 5.97 Å². The molecule has 0 amide bonds. The van der Waals surface area contributed by atoms with Gasteiger partial charge in [-0.2, -0.15) is 0 Å². The molecular weight excluding hydrogens is 348 g/mol. The van der Waals surface area contributed by atoms with Crippen molar-refractivity contribution in [3.63, 3.8) is 0 Å². The van der Waals surface area contributed by atoms with Gasteiger partial charge in [-0.25, -0.2) is 13.2 Å². The first-order valence-corrected chi connectivity index (χ1v) is 8.77. The lowest BCUT2D eigenvalue weighted by Crippen LogP contribution is -2.29. The number of nitro benzene ring substituents is 1. The first kappa shape index (κ1) is 16.9. The van der Waals surface area contributed by atoms with Crippen molar-refractivity contribution in [1.29, 1.82) is 0 Å². The van der Waals surface area contributed by atoms with E-state index >= 15 is 0 Å². The van der Waals surface area contributed by atoms with E-state index in [0.717, 1.165) is 9.87 Å². The minimum Gasteiger partial charge on any atom is -0.465 e. The number of sulfonamides is 1. The molecule has 0 spiro atoms. The molecule has 0 saturated heterocycles. The van der Waals surface area contributed by atoms with E-state index in [1.54, 1.807) is 6.07 Å². The fourth-order valence-electron chi connectivity index (χ4n) is 2.73. The van der Waals surface area contributed by atoms with Gasteiger partial charge in [0.05, 0.1) is 28.2 Å². The lowest BCUT2D eigenvalue weighted by Gasteiger charge is -2.19.